The van der Waals surface area contributed by atoms with Crippen LogP contribution in [0.2, 0.25) is 0 Å². The molecule has 0 aliphatic heterocycles. The van der Waals surface area contributed by atoms with Crippen LogP contribution in [0.1, 0.15) is 47.0 Å². The zero-order valence-corrected chi connectivity index (χ0v) is 8.28. The minimum atomic E-state index is 0.0845. The summed E-state index contributed by atoms with van der Waals surface area (Å²) in [5, 5.41) is 0. The Hall–Kier alpha value is -0.0400. The van der Waals surface area contributed by atoms with Crippen molar-refractivity contribution in [3.63, 3.8) is 0 Å². The van der Waals surface area contributed by atoms with E-state index in [1.165, 1.54) is 19.3 Å². The normalized spacial score (nSPS) is 43.9. The second kappa shape index (κ2) is 2.48. The van der Waals surface area contributed by atoms with Gasteiger partial charge in [-0.2, -0.15) is 0 Å². The summed E-state index contributed by atoms with van der Waals surface area (Å²) in [7, 11) is 0. The number of nitrogens with two attached hydrogens (primary N) is 1. The summed E-state index contributed by atoms with van der Waals surface area (Å²) >= 11 is 0. The minimum Gasteiger partial charge on any atom is -0.325 e. The summed E-state index contributed by atoms with van der Waals surface area (Å²) in [6.45, 7) is 9.15. The maximum atomic E-state index is 6.14. The summed E-state index contributed by atoms with van der Waals surface area (Å²) in [4.78, 5) is 0. The summed E-state index contributed by atoms with van der Waals surface area (Å²) in [6.07, 6.45) is 3.70. The van der Waals surface area contributed by atoms with Crippen LogP contribution in [-0.2, 0) is 0 Å². The first-order valence-corrected chi connectivity index (χ1v) is 4.60. The molecule has 0 unspecified atom stereocenters. The van der Waals surface area contributed by atoms with Gasteiger partial charge < -0.3 is 5.73 Å². The van der Waals surface area contributed by atoms with E-state index in [0.29, 0.717) is 5.41 Å². The highest BCUT2D eigenvalue weighted by atomic mass is 14.7. The van der Waals surface area contributed by atoms with E-state index in [4.69, 9.17) is 5.73 Å². The van der Waals surface area contributed by atoms with Crippen molar-refractivity contribution in [2.45, 2.75) is 52.5 Å². The smallest absolute Gasteiger partial charge is 0.0133 e. The van der Waals surface area contributed by atoms with Gasteiger partial charge in [-0.3, -0.25) is 0 Å². The van der Waals surface area contributed by atoms with E-state index in [0.717, 1.165) is 5.92 Å². The molecule has 0 aromatic rings. The molecule has 66 valence electrons. The summed E-state index contributed by atoms with van der Waals surface area (Å²) in [5.74, 6) is 0.800. The third-order valence-electron chi connectivity index (χ3n) is 2.60. The van der Waals surface area contributed by atoms with Crippen LogP contribution in [0.4, 0.5) is 0 Å². The number of hydrogen-bond acceptors (Lipinski definition) is 1. The largest absolute Gasteiger partial charge is 0.325 e. The lowest BCUT2D eigenvalue weighted by atomic mass is 9.65. The maximum absolute atomic E-state index is 6.14. The van der Waals surface area contributed by atoms with E-state index < -0.39 is 0 Å². The highest BCUT2D eigenvalue weighted by molar-refractivity contribution is 4.93. The molecule has 1 fully saturated rings. The molecule has 2 N–H and O–H groups in total. The second-order valence-corrected chi connectivity index (χ2v) is 5.51. The standard InChI is InChI=1S/C10H21N/c1-8-5-9(2,3)7-10(4,11)6-8/h8H,5-7,11H2,1-4H3/t8-,10+/m1/s1. The van der Waals surface area contributed by atoms with Crippen LogP contribution in [0.5, 0.6) is 0 Å². The minimum absolute atomic E-state index is 0.0845. The van der Waals surface area contributed by atoms with E-state index in [1.807, 2.05) is 0 Å². The van der Waals surface area contributed by atoms with Gasteiger partial charge in [0.05, 0.1) is 0 Å². The van der Waals surface area contributed by atoms with Crippen molar-refractivity contribution in [3.05, 3.63) is 0 Å². The average Bonchev–Trinajstić information content (AvgIpc) is 1.49. The average molecular weight is 155 g/mol. The van der Waals surface area contributed by atoms with Gasteiger partial charge in [0.2, 0.25) is 0 Å². The number of hydrogen-bond donors (Lipinski definition) is 1. The summed E-state index contributed by atoms with van der Waals surface area (Å²) in [5.41, 5.74) is 6.69. The Morgan fingerprint density at radius 2 is 1.73 bits per heavy atom. The number of rotatable bonds is 0. The molecular weight excluding hydrogens is 134 g/mol. The molecule has 0 saturated heterocycles. The van der Waals surface area contributed by atoms with Crippen LogP contribution in [0, 0.1) is 11.3 Å². The Morgan fingerprint density at radius 3 is 2.09 bits per heavy atom. The zero-order chi connectivity index (χ0) is 8.70. The predicted octanol–water partition coefficient (Wildman–Crippen LogP) is 2.55. The van der Waals surface area contributed by atoms with Crippen LogP contribution in [-0.4, -0.2) is 5.54 Å². The quantitative estimate of drug-likeness (QED) is 0.571. The van der Waals surface area contributed by atoms with Crippen molar-refractivity contribution < 1.29 is 0 Å². The monoisotopic (exact) mass is 155 g/mol. The summed E-state index contributed by atoms with van der Waals surface area (Å²) < 4.78 is 0. The van der Waals surface area contributed by atoms with Crippen molar-refractivity contribution in [2.24, 2.45) is 17.1 Å². The third kappa shape index (κ3) is 2.48. The highest BCUT2D eigenvalue weighted by Crippen LogP contribution is 2.42. The summed E-state index contributed by atoms with van der Waals surface area (Å²) in [6, 6.07) is 0. The lowest BCUT2D eigenvalue weighted by Crippen LogP contribution is -2.46. The van der Waals surface area contributed by atoms with Crippen LogP contribution < -0.4 is 5.73 Å². The highest BCUT2D eigenvalue weighted by Gasteiger charge is 2.36. The van der Waals surface area contributed by atoms with E-state index >= 15 is 0 Å². The predicted molar refractivity (Wildman–Crippen MR) is 49.4 cm³/mol. The molecule has 1 aliphatic rings. The van der Waals surface area contributed by atoms with Crippen molar-refractivity contribution in [2.75, 3.05) is 0 Å². The Bertz CT molecular complexity index is 131. The van der Waals surface area contributed by atoms with Gasteiger partial charge in [-0.25, -0.2) is 0 Å². The van der Waals surface area contributed by atoms with E-state index in [9.17, 15) is 0 Å². The molecule has 1 nitrogen and oxygen atoms in total. The Kier molecular flexibility index (Phi) is 2.04. The fraction of sp³-hybridized carbons (Fsp3) is 1.00. The molecule has 0 radical (unpaired) electrons. The lowest BCUT2D eigenvalue weighted by molar-refractivity contribution is 0.119. The third-order valence-corrected chi connectivity index (χ3v) is 2.60. The lowest BCUT2D eigenvalue weighted by Gasteiger charge is -2.43. The Labute approximate surface area is 70.4 Å². The van der Waals surface area contributed by atoms with Crippen LogP contribution in [0.3, 0.4) is 0 Å². The molecule has 0 spiro atoms. The first-order chi connectivity index (χ1) is 4.81. The van der Waals surface area contributed by atoms with Gasteiger partial charge in [-0.05, 0) is 37.5 Å². The van der Waals surface area contributed by atoms with Crippen molar-refractivity contribution in [1.82, 2.24) is 0 Å². The Morgan fingerprint density at radius 1 is 1.18 bits per heavy atom. The van der Waals surface area contributed by atoms with Gasteiger partial charge >= 0.3 is 0 Å². The molecule has 11 heavy (non-hydrogen) atoms. The van der Waals surface area contributed by atoms with Crippen LogP contribution >= 0.6 is 0 Å². The molecule has 0 amide bonds. The van der Waals surface area contributed by atoms with Crippen molar-refractivity contribution in [1.29, 1.82) is 0 Å². The van der Waals surface area contributed by atoms with Gasteiger partial charge in [-0.1, -0.05) is 20.8 Å². The van der Waals surface area contributed by atoms with Crippen molar-refractivity contribution in [3.8, 4) is 0 Å². The SMILES string of the molecule is C[C@@H]1CC(C)(C)C[C@@](C)(N)C1. The molecule has 2 atom stereocenters. The maximum Gasteiger partial charge on any atom is 0.0133 e. The molecule has 0 aromatic carbocycles. The van der Waals surface area contributed by atoms with Gasteiger partial charge in [0.25, 0.3) is 0 Å². The van der Waals surface area contributed by atoms with E-state index in [-0.39, 0.29) is 5.54 Å². The Balaban J connectivity index is 2.66. The van der Waals surface area contributed by atoms with Crippen molar-refractivity contribution >= 4 is 0 Å². The van der Waals surface area contributed by atoms with Gasteiger partial charge in [0.1, 0.15) is 0 Å². The van der Waals surface area contributed by atoms with Gasteiger partial charge in [0.15, 0.2) is 0 Å². The molecule has 1 rings (SSSR count). The molecule has 0 bridgehead atoms. The van der Waals surface area contributed by atoms with Crippen LogP contribution in [0.15, 0.2) is 0 Å². The van der Waals surface area contributed by atoms with Crippen LogP contribution in [0.25, 0.3) is 0 Å². The fourth-order valence-corrected chi connectivity index (χ4v) is 3.05. The first kappa shape index (κ1) is 9.05. The van der Waals surface area contributed by atoms with Gasteiger partial charge in [0, 0.05) is 5.54 Å². The molecule has 0 heterocycles. The zero-order valence-electron chi connectivity index (χ0n) is 8.28. The second-order valence-electron chi connectivity index (χ2n) is 5.51. The van der Waals surface area contributed by atoms with E-state index in [1.54, 1.807) is 0 Å². The molecule has 1 saturated carbocycles. The topological polar surface area (TPSA) is 26.0 Å². The molecule has 1 heteroatoms. The van der Waals surface area contributed by atoms with E-state index in [2.05, 4.69) is 27.7 Å². The molecule has 1 aliphatic carbocycles. The fourth-order valence-electron chi connectivity index (χ4n) is 3.05. The van der Waals surface area contributed by atoms with Gasteiger partial charge in [-0.15, -0.1) is 0 Å². The first-order valence-electron chi connectivity index (χ1n) is 4.60. The molecule has 0 aromatic heterocycles. The molecular formula is C10H21N.